The van der Waals surface area contributed by atoms with E-state index in [9.17, 15) is 53.4 Å². The van der Waals surface area contributed by atoms with Crippen molar-refractivity contribution in [1.29, 1.82) is 0 Å². The Bertz CT molecular complexity index is 266. The lowest BCUT2D eigenvalue weighted by Crippen LogP contribution is -2.71. The highest BCUT2D eigenvalue weighted by Gasteiger charge is 2.90. The van der Waals surface area contributed by atoms with Gasteiger partial charge >= 0.3 is 30.1 Å². The fourth-order valence-electron chi connectivity index (χ4n) is 0.716. The Morgan fingerprint density at radius 1 is 0.471 bits per heavy atom. The fourth-order valence-corrected chi connectivity index (χ4v) is 0.716. The van der Waals surface area contributed by atoms with E-state index in [1.165, 1.54) is 0 Å². The van der Waals surface area contributed by atoms with Crippen molar-refractivity contribution in [2.24, 2.45) is 0 Å². The predicted octanol–water partition coefficient (Wildman–Crippen LogP) is 3.48. The van der Waals surface area contributed by atoms with Gasteiger partial charge in [-0.25, -0.2) is 5.11 Å². The van der Waals surface area contributed by atoms with Crippen LogP contribution < -0.4 is 0 Å². The number of rotatable bonds is 1. The molecule has 0 spiro atoms. The lowest BCUT2D eigenvalue weighted by atomic mass is 9.93. The molecule has 1 nitrogen and oxygen atoms in total. The van der Waals surface area contributed by atoms with Gasteiger partial charge in [0.05, 0.1) is 0 Å². The molecule has 0 heterocycles. The molecule has 0 N–H and O–H groups in total. The van der Waals surface area contributed by atoms with Gasteiger partial charge in [-0.05, 0) is 0 Å². The van der Waals surface area contributed by atoms with Crippen molar-refractivity contribution in [3.63, 3.8) is 0 Å². The van der Waals surface area contributed by atoms with Crippen LogP contribution >= 0.6 is 0 Å². The first-order chi connectivity index (χ1) is 7.00. The zero-order chi connectivity index (χ0) is 14.5. The van der Waals surface area contributed by atoms with Crippen LogP contribution in [0, 0.1) is 0 Å². The molecule has 0 rings (SSSR count). The largest absolute Gasteiger partial charge is 0.457 e. The summed E-state index contributed by atoms with van der Waals surface area (Å²) in [6.07, 6.45) is -22.0. The van der Waals surface area contributed by atoms with E-state index >= 15 is 0 Å². The quantitative estimate of drug-likeness (QED) is 0.657. The minimum Gasteiger partial charge on any atom is -0.202 e. The van der Waals surface area contributed by atoms with Crippen LogP contribution in [0.15, 0.2) is 0 Å². The molecular formula is C5F11O. The summed E-state index contributed by atoms with van der Waals surface area (Å²) < 4.78 is 128. The minimum absolute atomic E-state index is 7.29. The van der Waals surface area contributed by atoms with Gasteiger partial charge in [0, 0.05) is 0 Å². The zero-order valence-corrected chi connectivity index (χ0v) is 7.07. The maximum atomic E-state index is 12.1. The number of hydrogen-bond acceptors (Lipinski definition) is 0. The molecule has 0 aliphatic carbocycles. The second-order valence-corrected chi connectivity index (χ2v) is 2.75. The lowest BCUT2D eigenvalue weighted by molar-refractivity contribution is -0.478. The van der Waals surface area contributed by atoms with Gasteiger partial charge in [0.25, 0.3) is 0 Å². The van der Waals surface area contributed by atoms with Gasteiger partial charge < -0.3 is 0 Å². The van der Waals surface area contributed by atoms with Crippen LogP contribution in [-0.4, -0.2) is 30.1 Å². The highest BCUT2D eigenvalue weighted by molar-refractivity contribution is 5.07. The molecule has 0 amide bonds. The third-order valence-electron chi connectivity index (χ3n) is 1.60. The molecule has 0 aliphatic rings. The van der Waals surface area contributed by atoms with E-state index in [1.54, 1.807) is 0 Å². The minimum atomic E-state index is -7.55. The van der Waals surface area contributed by atoms with Crippen molar-refractivity contribution in [2.75, 3.05) is 0 Å². The van der Waals surface area contributed by atoms with E-state index in [-0.39, 0.29) is 0 Å². The summed E-state index contributed by atoms with van der Waals surface area (Å²) in [4.78, 5) is 0. The Labute approximate surface area is 84.8 Å². The SMILES string of the molecule is [O]C(C(F)(F)F)(C(F)(F)F)C(F)(F)C(F)(F)F. The van der Waals surface area contributed by atoms with Gasteiger partial charge in [0.1, 0.15) is 0 Å². The third-order valence-corrected chi connectivity index (χ3v) is 1.60. The van der Waals surface area contributed by atoms with Gasteiger partial charge in [-0.2, -0.15) is 48.3 Å². The molecule has 0 bridgehead atoms. The second-order valence-electron chi connectivity index (χ2n) is 2.75. The lowest BCUT2D eigenvalue weighted by Gasteiger charge is -2.36. The van der Waals surface area contributed by atoms with Crippen LogP contribution in [0.25, 0.3) is 0 Å². The van der Waals surface area contributed by atoms with Crippen LogP contribution in [0.2, 0.25) is 0 Å². The molecule has 0 aliphatic heterocycles. The summed E-state index contributed by atoms with van der Waals surface area (Å²) in [6, 6.07) is 0. The molecule has 0 aromatic heterocycles. The Balaban J connectivity index is 6.04. The molecule has 0 aromatic rings. The molecule has 0 fully saturated rings. The topological polar surface area (TPSA) is 19.9 Å². The van der Waals surface area contributed by atoms with Crippen molar-refractivity contribution >= 4 is 0 Å². The average Bonchev–Trinajstić information content (AvgIpc) is 1.95. The van der Waals surface area contributed by atoms with E-state index in [0.29, 0.717) is 0 Å². The van der Waals surface area contributed by atoms with Crippen LogP contribution in [0.4, 0.5) is 48.3 Å². The molecule has 0 saturated heterocycles. The fraction of sp³-hybridized carbons (Fsp3) is 1.00. The Morgan fingerprint density at radius 2 is 0.706 bits per heavy atom. The maximum Gasteiger partial charge on any atom is 0.457 e. The molecule has 0 atom stereocenters. The van der Waals surface area contributed by atoms with Gasteiger partial charge in [-0.1, -0.05) is 0 Å². The number of hydrogen-bond donors (Lipinski definition) is 0. The van der Waals surface area contributed by atoms with Crippen molar-refractivity contribution < 1.29 is 53.4 Å². The summed E-state index contributed by atoms with van der Waals surface area (Å²) in [6.45, 7) is 0. The molecule has 0 aromatic carbocycles. The Hall–Kier alpha value is -0.810. The predicted molar refractivity (Wildman–Crippen MR) is 26.5 cm³/mol. The van der Waals surface area contributed by atoms with E-state index in [0.717, 1.165) is 0 Å². The van der Waals surface area contributed by atoms with E-state index < -0.39 is 30.1 Å². The third kappa shape index (κ3) is 2.13. The van der Waals surface area contributed by atoms with Crippen molar-refractivity contribution in [1.82, 2.24) is 0 Å². The summed E-state index contributed by atoms with van der Waals surface area (Å²) in [7, 11) is 0. The molecule has 12 heteroatoms. The number of halogens is 11. The molecule has 17 heavy (non-hydrogen) atoms. The van der Waals surface area contributed by atoms with Gasteiger partial charge in [-0.15, -0.1) is 0 Å². The van der Waals surface area contributed by atoms with E-state index in [2.05, 4.69) is 0 Å². The van der Waals surface area contributed by atoms with Crippen molar-refractivity contribution in [3.8, 4) is 0 Å². The molecule has 0 saturated carbocycles. The summed E-state index contributed by atoms with van der Waals surface area (Å²) in [5.74, 6) is -7.55. The van der Waals surface area contributed by atoms with Crippen molar-refractivity contribution in [2.45, 2.75) is 30.1 Å². The first-order valence-electron chi connectivity index (χ1n) is 3.28. The first-order valence-corrected chi connectivity index (χ1v) is 3.28. The molecule has 0 unspecified atom stereocenters. The first kappa shape index (κ1) is 16.2. The number of alkyl halides is 11. The van der Waals surface area contributed by atoms with E-state index in [1.807, 2.05) is 0 Å². The van der Waals surface area contributed by atoms with Gasteiger partial charge in [0.2, 0.25) is 0 Å². The highest BCUT2D eigenvalue weighted by atomic mass is 19.4. The molecular weight excluding hydrogens is 285 g/mol. The summed E-state index contributed by atoms with van der Waals surface area (Å²) >= 11 is 0. The summed E-state index contributed by atoms with van der Waals surface area (Å²) in [5, 5.41) is 10.1. The average molecular weight is 285 g/mol. The standard InChI is InChI=1S/C5F11O/c6-2(7,5(14,15)16)1(17,3(8,9)10)4(11,12)13. The van der Waals surface area contributed by atoms with E-state index in [4.69, 9.17) is 0 Å². The highest BCUT2D eigenvalue weighted by Crippen LogP contribution is 2.57. The van der Waals surface area contributed by atoms with Crippen LogP contribution in [0.3, 0.4) is 0 Å². The molecule has 1 radical (unpaired) electrons. The second kappa shape index (κ2) is 3.59. The summed E-state index contributed by atoms with van der Waals surface area (Å²) in [5.41, 5.74) is -7.45. The van der Waals surface area contributed by atoms with Crippen LogP contribution in [-0.2, 0) is 5.11 Å². The zero-order valence-electron chi connectivity index (χ0n) is 7.07. The van der Waals surface area contributed by atoms with Gasteiger partial charge in [-0.3, -0.25) is 0 Å². The normalized spacial score (nSPS) is 16.2. The van der Waals surface area contributed by atoms with Crippen LogP contribution in [0.5, 0.6) is 0 Å². The Kier molecular flexibility index (Phi) is 3.42. The molecule has 103 valence electrons. The van der Waals surface area contributed by atoms with Crippen LogP contribution in [0.1, 0.15) is 0 Å². The maximum absolute atomic E-state index is 12.1. The smallest absolute Gasteiger partial charge is 0.202 e. The Morgan fingerprint density at radius 3 is 0.765 bits per heavy atom. The van der Waals surface area contributed by atoms with Crippen molar-refractivity contribution in [3.05, 3.63) is 0 Å². The monoisotopic (exact) mass is 285 g/mol. The van der Waals surface area contributed by atoms with Gasteiger partial charge in [0.15, 0.2) is 0 Å².